The molecule has 2 aromatic carbocycles. The van der Waals surface area contributed by atoms with Gasteiger partial charge in [-0.2, -0.15) is 0 Å². The van der Waals surface area contributed by atoms with Crippen molar-refractivity contribution < 1.29 is 41.8 Å². The van der Waals surface area contributed by atoms with Crippen LogP contribution in [0.4, 0.5) is 9.59 Å². The molecule has 3 rings (SSSR count). The van der Waals surface area contributed by atoms with Gasteiger partial charge in [0.15, 0.2) is 6.04 Å². The lowest BCUT2D eigenvalue weighted by Gasteiger charge is -2.43. The lowest BCUT2D eigenvalue weighted by Crippen LogP contribution is -2.66. The predicted octanol–water partition coefficient (Wildman–Crippen LogP) is 1.93. The molecule has 2 N–H and O–H groups in total. The first-order valence-electron chi connectivity index (χ1n) is 12.2. The molecule has 0 aliphatic carbocycles. The maximum absolute atomic E-state index is 12.4. The molecule has 40 heavy (non-hydrogen) atoms. The molecule has 0 spiro atoms. The number of rotatable bonds is 10. The smallest absolute Gasteiger partial charge is 0.437 e. The molecule has 0 saturated carbocycles. The molecule has 3 amide bonds. The number of β-lactam (4-membered cyclic amide) rings is 1. The third-order valence-electron chi connectivity index (χ3n) is 5.79. The fourth-order valence-corrected chi connectivity index (χ4v) is 5.00. The molecule has 0 unspecified atom stereocenters. The summed E-state index contributed by atoms with van der Waals surface area (Å²) in [6, 6.07) is 16.6. The lowest BCUT2D eigenvalue weighted by molar-refractivity contribution is -0.165. The van der Waals surface area contributed by atoms with Gasteiger partial charge in [-0.3, -0.25) is 10.1 Å². The number of guanidine groups is 1. The fraction of sp³-hybridized carbons (Fsp3) is 0.346. The number of benzene rings is 2. The van der Waals surface area contributed by atoms with E-state index in [1.54, 1.807) is 48.5 Å². The average molecular weight is 575 g/mol. The molecule has 14 heteroatoms. The molecule has 1 aliphatic heterocycles. The van der Waals surface area contributed by atoms with Crippen LogP contribution in [-0.4, -0.2) is 68.7 Å². The summed E-state index contributed by atoms with van der Waals surface area (Å²) in [4.78, 5) is 52.9. The molecule has 1 aliphatic rings. The van der Waals surface area contributed by atoms with Gasteiger partial charge in [0.1, 0.15) is 13.2 Å². The van der Waals surface area contributed by atoms with E-state index in [9.17, 15) is 27.6 Å². The number of aliphatic imine (C=N–C) groups is 1. The number of esters is 1. The highest BCUT2D eigenvalue weighted by Crippen LogP contribution is 2.33. The normalized spacial score (nSPS) is 16.9. The Labute approximate surface area is 231 Å². The number of carbonyl (C=O) groups is 4. The van der Waals surface area contributed by atoms with Crippen LogP contribution in [0.1, 0.15) is 24.0 Å². The molecule has 13 nitrogen and oxygen atoms in total. The summed E-state index contributed by atoms with van der Waals surface area (Å²) in [5, 5.41) is 5.13. The van der Waals surface area contributed by atoms with Crippen molar-refractivity contribution in [2.45, 2.75) is 32.1 Å². The van der Waals surface area contributed by atoms with Crippen LogP contribution >= 0.6 is 0 Å². The topological polar surface area (TPSA) is 170 Å². The van der Waals surface area contributed by atoms with E-state index in [4.69, 9.17) is 9.47 Å². The van der Waals surface area contributed by atoms with E-state index in [0.717, 1.165) is 24.5 Å². The van der Waals surface area contributed by atoms with Gasteiger partial charge in [-0.15, -0.1) is 4.99 Å². The van der Waals surface area contributed by atoms with Crippen molar-refractivity contribution in [2.75, 3.05) is 19.9 Å². The van der Waals surface area contributed by atoms with Crippen molar-refractivity contribution in [1.29, 1.82) is 0 Å². The lowest BCUT2D eigenvalue weighted by atomic mass is 9.86. The third-order valence-corrected chi connectivity index (χ3v) is 6.92. The van der Waals surface area contributed by atoms with E-state index >= 15 is 0 Å². The molecule has 2 atom stereocenters. The highest BCUT2D eigenvalue weighted by Gasteiger charge is 2.55. The predicted molar refractivity (Wildman–Crippen MR) is 142 cm³/mol. The average Bonchev–Trinajstić information content (AvgIpc) is 2.93. The van der Waals surface area contributed by atoms with Crippen molar-refractivity contribution in [3.8, 4) is 0 Å². The van der Waals surface area contributed by atoms with E-state index in [1.807, 2.05) is 12.1 Å². The Balaban J connectivity index is 1.59. The minimum Gasteiger partial charge on any atom is -0.467 e. The van der Waals surface area contributed by atoms with Crippen LogP contribution in [0.3, 0.4) is 0 Å². The summed E-state index contributed by atoms with van der Waals surface area (Å²) in [6.45, 7) is 0.0404. The number of amides is 3. The Morgan fingerprint density at radius 3 is 2.08 bits per heavy atom. The van der Waals surface area contributed by atoms with E-state index in [-0.39, 0.29) is 38.6 Å². The second-order valence-electron chi connectivity index (χ2n) is 8.73. The molecule has 1 heterocycles. The SMILES string of the molecule is COC(=O)[C@@H]1[C@@H](CCCNC(=NC(=O)OCc2ccccc2)NC(=O)OCc2ccccc2)C(=O)N1S(C)(=O)=O. The molecule has 0 radical (unpaired) electrons. The van der Waals surface area contributed by atoms with Crippen molar-refractivity contribution in [3.63, 3.8) is 0 Å². The molecule has 0 aromatic heterocycles. The van der Waals surface area contributed by atoms with Gasteiger partial charge in [-0.1, -0.05) is 60.7 Å². The number of hydrogen-bond acceptors (Lipinski definition) is 9. The zero-order valence-electron chi connectivity index (χ0n) is 21.9. The number of alkyl carbamates (subject to hydrolysis) is 1. The fourth-order valence-electron chi connectivity index (χ4n) is 3.89. The van der Waals surface area contributed by atoms with Crippen molar-refractivity contribution in [3.05, 3.63) is 71.8 Å². The standard InChI is InChI=1S/C26H30N4O9S/c1-37-23(32)21-20(22(31)30(21)40(2,35)36)14-9-15-27-24(28-25(33)38-16-18-10-5-3-6-11-18)29-26(34)39-17-19-12-7-4-8-13-19/h3-8,10-13,20-21H,9,14-17H2,1-2H3,(H2,27,28,29,33,34)/t20-,21+/m1/s1. The second kappa shape index (κ2) is 14.1. The molecule has 1 fully saturated rings. The Morgan fingerprint density at radius 1 is 0.950 bits per heavy atom. The van der Waals surface area contributed by atoms with Crippen LogP contribution < -0.4 is 10.6 Å². The van der Waals surface area contributed by atoms with Crippen LogP contribution in [0.2, 0.25) is 0 Å². The highest BCUT2D eigenvalue weighted by molar-refractivity contribution is 7.89. The number of carbonyl (C=O) groups excluding carboxylic acids is 4. The van der Waals surface area contributed by atoms with E-state index in [0.29, 0.717) is 4.31 Å². The maximum Gasteiger partial charge on any atom is 0.437 e. The van der Waals surface area contributed by atoms with Crippen LogP contribution in [0.25, 0.3) is 0 Å². The van der Waals surface area contributed by atoms with E-state index in [1.165, 1.54) is 0 Å². The van der Waals surface area contributed by atoms with Gasteiger partial charge in [-0.05, 0) is 24.0 Å². The quantitative estimate of drug-likeness (QED) is 0.107. The number of sulfonamides is 1. The zero-order valence-corrected chi connectivity index (χ0v) is 22.8. The highest BCUT2D eigenvalue weighted by atomic mass is 32.2. The van der Waals surface area contributed by atoms with Crippen LogP contribution in [0, 0.1) is 5.92 Å². The Bertz CT molecular complexity index is 1330. The van der Waals surface area contributed by atoms with Gasteiger partial charge in [0.25, 0.3) is 0 Å². The molecule has 2 aromatic rings. The minimum absolute atomic E-state index is 0.0199. The van der Waals surface area contributed by atoms with Crippen LogP contribution in [0.15, 0.2) is 65.7 Å². The van der Waals surface area contributed by atoms with Crippen molar-refractivity contribution in [2.24, 2.45) is 10.9 Å². The molecule has 214 valence electrons. The molecule has 1 saturated heterocycles. The summed E-state index contributed by atoms with van der Waals surface area (Å²) < 4.78 is 39.2. The number of nitrogens with zero attached hydrogens (tertiary/aromatic N) is 2. The number of ether oxygens (including phenoxy) is 3. The number of methoxy groups -OCH3 is 1. The number of hydrogen-bond donors (Lipinski definition) is 2. The summed E-state index contributed by atoms with van der Waals surface area (Å²) in [5.74, 6) is -2.70. The van der Waals surface area contributed by atoms with Gasteiger partial charge in [0, 0.05) is 6.54 Å². The molecular weight excluding hydrogens is 544 g/mol. The van der Waals surface area contributed by atoms with Gasteiger partial charge in [0.2, 0.25) is 21.9 Å². The van der Waals surface area contributed by atoms with Gasteiger partial charge in [0.05, 0.1) is 19.3 Å². The first-order chi connectivity index (χ1) is 19.1. The largest absolute Gasteiger partial charge is 0.467 e. The summed E-state index contributed by atoms with van der Waals surface area (Å²) >= 11 is 0. The monoisotopic (exact) mass is 574 g/mol. The second-order valence-corrected chi connectivity index (χ2v) is 10.6. The summed E-state index contributed by atoms with van der Waals surface area (Å²) in [6.07, 6.45) is -0.642. The first kappa shape index (κ1) is 30.1. The van der Waals surface area contributed by atoms with E-state index in [2.05, 4.69) is 20.4 Å². The number of nitrogens with one attached hydrogen (secondary N) is 2. The van der Waals surface area contributed by atoms with Crippen LogP contribution in [-0.2, 0) is 47.0 Å². The van der Waals surface area contributed by atoms with Crippen molar-refractivity contribution >= 4 is 40.0 Å². The summed E-state index contributed by atoms with van der Waals surface area (Å²) in [5.41, 5.74) is 1.49. The van der Waals surface area contributed by atoms with Gasteiger partial charge >= 0.3 is 18.2 Å². The third kappa shape index (κ3) is 8.53. The Kier molecular flexibility index (Phi) is 10.6. The van der Waals surface area contributed by atoms with Crippen molar-refractivity contribution in [1.82, 2.24) is 14.9 Å². The molecule has 0 bridgehead atoms. The van der Waals surface area contributed by atoms with Crippen LogP contribution in [0.5, 0.6) is 0 Å². The first-order valence-corrected chi connectivity index (χ1v) is 14.1. The zero-order chi connectivity index (χ0) is 29.1. The van der Waals surface area contributed by atoms with E-state index < -0.39 is 46.0 Å². The maximum atomic E-state index is 12.4. The Hall–Kier alpha value is -4.46. The van der Waals surface area contributed by atoms with Gasteiger partial charge < -0.3 is 19.5 Å². The molecular formula is C26H30N4O9S. The minimum atomic E-state index is -3.94. The Morgan fingerprint density at radius 2 is 1.52 bits per heavy atom. The summed E-state index contributed by atoms with van der Waals surface area (Å²) in [7, 11) is -2.84. The van der Waals surface area contributed by atoms with Gasteiger partial charge in [-0.25, -0.2) is 27.1 Å².